The van der Waals surface area contributed by atoms with Crippen LogP contribution in [0.1, 0.15) is 15.2 Å². The highest BCUT2D eigenvalue weighted by molar-refractivity contribution is 9.11. The maximum absolute atomic E-state index is 11.1. The summed E-state index contributed by atoms with van der Waals surface area (Å²) >= 11 is 8.14. The monoisotopic (exact) mass is 312 g/mol. The number of esters is 1. The lowest BCUT2D eigenvalue weighted by Crippen LogP contribution is -2.01. The summed E-state index contributed by atoms with van der Waals surface area (Å²) in [6.45, 7) is 0. The van der Waals surface area contributed by atoms with Gasteiger partial charge in [0.2, 0.25) is 0 Å². The van der Waals surface area contributed by atoms with Crippen molar-refractivity contribution in [3.05, 3.63) is 20.3 Å². The molecular weight excluding hydrogens is 308 g/mol. The van der Waals surface area contributed by atoms with Crippen molar-refractivity contribution in [2.45, 2.75) is 5.33 Å². The number of hydrogen-bond donors (Lipinski definition) is 0. The summed E-state index contributed by atoms with van der Waals surface area (Å²) in [6.07, 6.45) is 0. The van der Waals surface area contributed by atoms with Gasteiger partial charge in [-0.3, -0.25) is 0 Å². The lowest BCUT2D eigenvalue weighted by atomic mass is 10.3. The van der Waals surface area contributed by atoms with Crippen molar-refractivity contribution in [3.8, 4) is 0 Å². The van der Waals surface area contributed by atoms with Gasteiger partial charge >= 0.3 is 5.97 Å². The number of carbonyl (C=O) groups excluding carboxylic acids is 1. The normalized spacial score (nSPS) is 9.92. The van der Waals surface area contributed by atoms with E-state index in [0.29, 0.717) is 10.9 Å². The van der Waals surface area contributed by atoms with Crippen LogP contribution in [0.25, 0.3) is 0 Å². The van der Waals surface area contributed by atoms with Crippen LogP contribution in [-0.4, -0.2) is 13.1 Å². The molecule has 0 saturated heterocycles. The Hall–Kier alpha value is 0.130. The molecule has 0 N–H and O–H groups in total. The van der Waals surface area contributed by atoms with E-state index in [1.807, 2.05) is 0 Å². The van der Waals surface area contributed by atoms with Crippen molar-refractivity contribution in [1.29, 1.82) is 0 Å². The highest BCUT2D eigenvalue weighted by Gasteiger charge is 2.14. The molecular formula is C7H6Br2O2S. The fourth-order valence-corrected chi connectivity index (χ4v) is 2.96. The highest BCUT2D eigenvalue weighted by Crippen LogP contribution is 2.29. The van der Waals surface area contributed by atoms with Gasteiger partial charge in [0.25, 0.3) is 0 Å². The van der Waals surface area contributed by atoms with E-state index in [1.165, 1.54) is 18.4 Å². The maximum Gasteiger partial charge on any atom is 0.339 e. The zero-order chi connectivity index (χ0) is 9.14. The number of alkyl halides is 1. The second kappa shape index (κ2) is 4.39. The molecule has 0 amide bonds. The Labute approximate surface area is 91.2 Å². The summed E-state index contributed by atoms with van der Waals surface area (Å²) in [5.41, 5.74) is 0.631. The number of halogens is 2. The van der Waals surface area contributed by atoms with Gasteiger partial charge in [-0.25, -0.2) is 4.79 Å². The Morgan fingerprint density at radius 3 is 2.92 bits per heavy atom. The minimum absolute atomic E-state index is 0.286. The van der Waals surface area contributed by atoms with Crippen molar-refractivity contribution in [2.24, 2.45) is 0 Å². The van der Waals surface area contributed by atoms with E-state index < -0.39 is 0 Å². The smallest absolute Gasteiger partial charge is 0.339 e. The van der Waals surface area contributed by atoms with Crippen LogP contribution in [0.4, 0.5) is 0 Å². The first-order valence-electron chi connectivity index (χ1n) is 3.11. The third-order valence-corrected chi connectivity index (χ3v) is 3.88. The third-order valence-electron chi connectivity index (χ3n) is 1.31. The number of rotatable bonds is 2. The van der Waals surface area contributed by atoms with Crippen LogP contribution in [-0.2, 0) is 10.1 Å². The van der Waals surface area contributed by atoms with Gasteiger partial charge in [-0.2, -0.15) is 0 Å². The minimum atomic E-state index is -0.286. The Bertz CT molecular complexity index is 296. The first-order chi connectivity index (χ1) is 5.69. The summed E-state index contributed by atoms with van der Waals surface area (Å²) in [5, 5.41) is 0.674. The van der Waals surface area contributed by atoms with Crippen molar-refractivity contribution < 1.29 is 9.53 Å². The topological polar surface area (TPSA) is 26.3 Å². The van der Waals surface area contributed by atoms with E-state index in [2.05, 4.69) is 36.6 Å². The molecule has 0 unspecified atom stereocenters. The molecule has 0 saturated carbocycles. The molecule has 0 aliphatic carbocycles. The summed E-state index contributed by atoms with van der Waals surface area (Å²) < 4.78 is 5.56. The van der Waals surface area contributed by atoms with Crippen LogP contribution >= 0.6 is 43.2 Å². The van der Waals surface area contributed by atoms with Crippen LogP contribution in [0.15, 0.2) is 9.85 Å². The summed E-state index contributed by atoms with van der Waals surface area (Å²) in [6, 6.07) is 1.77. The number of methoxy groups -OCH3 is 1. The maximum atomic E-state index is 11.1. The quantitative estimate of drug-likeness (QED) is 0.619. The van der Waals surface area contributed by atoms with Crippen LogP contribution in [0.3, 0.4) is 0 Å². The molecule has 0 spiro atoms. The Kier molecular flexibility index (Phi) is 3.74. The van der Waals surface area contributed by atoms with Crippen molar-refractivity contribution in [1.82, 2.24) is 0 Å². The number of hydrogen-bond acceptors (Lipinski definition) is 3. The average molecular weight is 314 g/mol. The number of carbonyl (C=O) groups is 1. The van der Waals surface area contributed by atoms with Crippen LogP contribution < -0.4 is 0 Å². The van der Waals surface area contributed by atoms with Gasteiger partial charge in [0.1, 0.15) is 0 Å². The van der Waals surface area contributed by atoms with Gasteiger partial charge in [0.15, 0.2) is 0 Å². The SMILES string of the molecule is COC(=O)c1cc(Br)sc1CBr. The van der Waals surface area contributed by atoms with Gasteiger partial charge in [-0.05, 0) is 22.0 Å². The van der Waals surface area contributed by atoms with E-state index in [4.69, 9.17) is 0 Å². The minimum Gasteiger partial charge on any atom is -0.465 e. The number of ether oxygens (including phenoxy) is 1. The standard InChI is InChI=1S/C7H6Br2O2S/c1-11-7(10)4-2-6(9)12-5(4)3-8/h2H,3H2,1H3. The summed E-state index contributed by atoms with van der Waals surface area (Å²) in [7, 11) is 1.38. The van der Waals surface area contributed by atoms with E-state index in [9.17, 15) is 4.79 Å². The van der Waals surface area contributed by atoms with Crippen LogP contribution in [0, 0.1) is 0 Å². The van der Waals surface area contributed by atoms with Gasteiger partial charge < -0.3 is 4.74 Å². The molecule has 1 aromatic heterocycles. The fourth-order valence-electron chi connectivity index (χ4n) is 0.778. The molecule has 0 radical (unpaired) electrons. The van der Waals surface area contributed by atoms with Crippen molar-refractivity contribution in [2.75, 3.05) is 7.11 Å². The molecule has 66 valence electrons. The second-order valence-electron chi connectivity index (χ2n) is 2.01. The molecule has 0 aliphatic rings. The lowest BCUT2D eigenvalue weighted by Gasteiger charge is -1.96. The molecule has 1 aromatic rings. The molecule has 5 heteroatoms. The molecule has 1 rings (SSSR count). The second-order valence-corrected chi connectivity index (χ2v) is 5.09. The zero-order valence-corrected chi connectivity index (χ0v) is 10.3. The van der Waals surface area contributed by atoms with Gasteiger partial charge in [-0.15, -0.1) is 11.3 Å². The van der Waals surface area contributed by atoms with Crippen LogP contribution in [0.2, 0.25) is 0 Å². The van der Waals surface area contributed by atoms with Crippen molar-refractivity contribution >= 4 is 49.2 Å². The van der Waals surface area contributed by atoms with E-state index in [-0.39, 0.29) is 5.97 Å². The molecule has 12 heavy (non-hydrogen) atoms. The Morgan fingerprint density at radius 2 is 2.42 bits per heavy atom. The van der Waals surface area contributed by atoms with Crippen molar-refractivity contribution in [3.63, 3.8) is 0 Å². The lowest BCUT2D eigenvalue weighted by molar-refractivity contribution is 0.0600. The van der Waals surface area contributed by atoms with Gasteiger partial charge in [0, 0.05) is 10.2 Å². The van der Waals surface area contributed by atoms with Gasteiger partial charge in [-0.1, -0.05) is 15.9 Å². The van der Waals surface area contributed by atoms with Crippen LogP contribution in [0.5, 0.6) is 0 Å². The molecule has 2 nitrogen and oxygen atoms in total. The Balaban J connectivity index is 3.04. The number of thiophene rings is 1. The summed E-state index contributed by atoms with van der Waals surface area (Å²) in [5.74, 6) is -0.286. The third kappa shape index (κ3) is 2.08. The molecule has 0 bridgehead atoms. The zero-order valence-electron chi connectivity index (χ0n) is 6.27. The van der Waals surface area contributed by atoms with E-state index >= 15 is 0 Å². The van der Waals surface area contributed by atoms with Gasteiger partial charge in [0.05, 0.1) is 16.5 Å². The molecule has 1 heterocycles. The first-order valence-corrected chi connectivity index (χ1v) is 5.84. The molecule has 0 fully saturated rings. The predicted molar refractivity (Wildman–Crippen MR) is 56.0 cm³/mol. The van der Waals surface area contributed by atoms with E-state index in [1.54, 1.807) is 6.07 Å². The molecule has 0 aliphatic heterocycles. The summed E-state index contributed by atoms with van der Waals surface area (Å²) in [4.78, 5) is 12.1. The molecule has 0 aromatic carbocycles. The fraction of sp³-hybridized carbons (Fsp3) is 0.286. The first kappa shape index (κ1) is 10.2. The molecule has 0 atom stereocenters. The van der Waals surface area contributed by atoms with E-state index in [0.717, 1.165) is 8.66 Å². The predicted octanol–water partition coefficient (Wildman–Crippen LogP) is 3.19. The Morgan fingerprint density at radius 1 is 1.75 bits per heavy atom. The average Bonchev–Trinajstić information content (AvgIpc) is 2.45. The highest BCUT2D eigenvalue weighted by atomic mass is 79.9. The largest absolute Gasteiger partial charge is 0.465 e.